The van der Waals surface area contributed by atoms with Gasteiger partial charge in [0.15, 0.2) is 6.61 Å². The monoisotopic (exact) mass is 386 g/mol. The summed E-state index contributed by atoms with van der Waals surface area (Å²) >= 11 is 0. The van der Waals surface area contributed by atoms with Crippen molar-refractivity contribution in [2.75, 3.05) is 18.5 Å². The third-order valence-electron chi connectivity index (χ3n) is 3.59. The van der Waals surface area contributed by atoms with Crippen LogP contribution >= 0.6 is 0 Å². The van der Waals surface area contributed by atoms with E-state index in [0.717, 1.165) is 11.6 Å². The molecule has 8 heteroatoms. The summed E-state index contributed by atoms with van der Waals surface area (Å²) < 4.78 is 18.7. The van der Waals surface area contributed by atoms with Crippen molar-refractivity contribution in [3.8, 4) is 0 Å². The third kappa shape index (κ3) is 6.64. The quantitative estimate of drug-likeness (QED) is 0.533. The van der Waals surface area contributed by atoms with Gasteiger partial charge in [0.05, 0.1) is 12.0 Å². The first-order valence-electron chi connectivity index (χ1n) is 8.41. The van der Waals surface area contributed by atoms with Crippen LogP contribution in [0.15, 0.2) is 48.5 Å². The zero-order valence-corrected chi connectivity index (χ0v) is 15.2. The van der Waals surface area contributed by atoms with Crippen molar-refractivity contribution in [1.82, 2.24) is 5.32 Å². The van der Waals surface area contributed by atoms with Crippen molar-refractivity contribution in [2.45, 2.75) is 13.3 Å². The molecule has 2 rings (SSSR count). The number of ether oxygens (including phenoxy) is 1. The number of benzene rings is 2. The first-order chi connectivity index (χ1) is 13.3. The fourth-order valence-corrected chi connectivity index (χ4v) is 2.31. The zero-order valence-electron chi connectivity index (χ0n) is 15.2. The van der Waals surface area contributed by atoms with E-state index in [9.17, 15) is 23.6 Å². The molecule has 7 nitrogen and oxygen atoms in total. The minimum absolute atomic E-state index is 0.110. The molecule has 2 aromatic carbocycles. The average molecular weight is 386 g/mol. The van der Waals surface area contributed by atoms with E-state index in [-0.39, 0.29) is 29.5 Å². The topological polar surface area (TPSA) is 102 Å². The second-order valence-electron chi connectivity index (χ2n) is 5.90. The van der Waals surface area contributed by atoms with Gasteiger partial charge < -0.3 is 15.4 Å². The van der Waals surface area contributed by atoms with Gasteiger partial charge in [-0.05, 0) is 23.8 Å². The van der Waals surface area contributed by atoms with Gasteiger partial charge in [0, 0.05) is 12.6 Å². The fourth-order valence-electron chi connectivity index (χ4n) is 2.31. The summed E-state index contributed by atoms with van der Waals surface area (Å²) in [6.45, 7) is 0.210. The van der Waals surface area contributed by atoms with Gasteiger partial charge in [-0.2, -0.15) is 0 Å². The largest absolute Gasteiger partial charge is 0.456 e. The second kappa shape index (κ2) is 9.96. The van der Waals surface area contributed by atoms with E-state index < -0.39 is 30.7 Å². The molecule has 0 fully saturated rings. The SMILES string of the molecule is CC(=O)Nc1ccc(C(=O)COC(=O)CNC(=O)Cc2ccccc2)c(F)c1. The highest BCUT2D eigenvalue weighted by Crippen LogP contribution is 2.15. The highest BCUT2D eigenvalue weighted by atomic mass is 19.1. The van der Waals surface area contributed by atoms with E-state index >= 15 is 0 Å². The lowest BCUT2D eigenvalue weighted by Crippen LogP contribution is -2.32. The fraction of sp³-hybridized carbons (Fsp3) is 0.200. The van der Waals surface area contributed by atoms with Gasteiger partial charge >= 0.3 is 5.97 Å². The molecule has 0 atom stereocenters. The van der Waals surface area contributed by atoms with Crippen LogP contribution in [0.4, 0.5) is 10.1 Å². The maximum Gasteiger partial charge on any atom is 0.325 e. The Labute approximate surface area is 160 Å². The lowest BCUT2D eigenvalue weighted by atomic mass is 10.1. The lowest BCUT2D eigenvalue weighted by Gasteiger charge is -2.08. The van der Waals surface area contributed by atoms with E-state index in [1.807, 2.05) is 6.07 Å². The Kier molecular flexibility index (Phi) is 7.38. The molecular formula is C20H19FN2O5. The van der Waals surface area contributed by atoms with Gasteiger partial charge in [0.1, 0.15) is 12.4 Å². The number of carbonyl (C=O) groups is 4. The Hall–Kier alpha value is -3.55. The van der Waals surface area contributed by atoms with E-state index in [1.54, 1.807) is 24.3 Å². The minimum atomic E-state index is -0.844. The van der Waals surface area contributed by atoms with Crippen molar-refractivity contribution in [3.05, 3.63) is 65.5 Å². The number of Topliss-reactive ketones (excluding diaryl/α,β-unsaturated/α-hetero) is 1. The molecule has 2 amide bonds. The van der Waals surface area contributed by atoms with Gasteiger partial charge in [-0.15, -0.1) is 0 Å². The predicted octanol–water partition coefficient (Wildman–Crippen LogP) is 1.87. The van der Waals surface area contributed by atoms with E-state index in [0.29, 0.717) is 0 Å². The van der Waals surface area contributed by atoms with Crippen molar-refractivity contribution in [2.24, 2.45) is 0 Å². The lowest BCUT2D eigenvalue weighted by molar-refractivity contribution is -0.142. The number of hydrogen-bond acceptors (Lipinski definition) is 5. The Bertz CT molecular complexity index is 883. The normalized spacial score (nSPS) is 10.1. The molecule has 2 N–H and O–H groups in total. The molecule has 0 aliphatic heterocycles. The molecule has 0 aromatic heterocycles. The molecule has 0 radical (unpaired) electrons. The molecule has 0 saturated heterocycles. The summed E-state index contributed by atoms with van der Waals surface area (Å²) in [5, 5.41) is 4.78. The standard InChI is InChI=1S/C20H19FN2O5/c1-13(24)23-15-7-8-16(17(21)10-15)18(25)12-28-20(27)11-22-19(26)9-14-5-3-2-4-6-14/h2-8,10H,9,11-12H2,1H3,(H,22,26)(H,23,24). The summed E-state index contributed by atoms with van der Waals surface area (Å²) in [6, 6.07) is 12.5. The Morgan fingerprint density at radius 2 is 1.75 bits per heavy atom. The molecule has 0 aliphatic carbocycles. The summed E-state index contributed by atoms with van der Waals surface area (Å²) in [5.74, 6) is -3.14. The Morgan fingerprint density at radius 1 is 1.04 bits per heavy atom. The molecule has 0 aliphatic rings. The third-order valence-corrected chi connectivity index (χ3v) is 3.59. The van der Waals surface area contributed by atoms with Crippen LogP contribution in [0.2, 0.25) is 0 Å². The first-order valence-corrected chi connectivity index (χ1v) is 8.41. The van der Waals surface area contributed by atoms with E-state index in [2.05, 4.69) is 10.6 Å². The van der Waals surface area contributed by atoms with Crippen LogP contribution in [0, 0.1) is 5.82 Å². The molecule has 146 valence electrons. The highest BCUT2D eigenvalue weighted by molar-refractivity contribution is 5.99. The summed E-state index contributed by atoms with van der Waals surface area (Å²) in [4.78, 5) is 46.4. The van der Waals surface area contributed by atoms with Gasteiger partial charge in [-0.1, -0.05) is 30.3 Å². The number of carbonyl (C=O) groups excluding carboxylic acids is 4. The van der Waals surface area contributed by atoms with Crippen molar-refractivity contribution >= 4 is 29.3 Å². The number of rotatable bonds is 8. The number of nitrogens with one attached hydrogen (secondary N) is 2. The van der Waals surface area contributed by atoms with Crippen LogP contribution in [-0.2, 0) is 25.5 Å². The molecule has 0 spiro atoms. The second-order valence-corrected chi connectivity index (χ2v) is 5.90. The molecule has 0 heterocycles. The van der Waals surface area contributed by atoms with Crippen LogP contribution < -0.4 is 10.6 Å². The van der Waals surface area contributed by atoms with Gasteiger partial charge in [-0.3, -0.25) is 19.2 Å². The molecule has 0 bridgehead atoms. The first kappa shape index (κ1) is 20.8. The Balaban J connectivity index is 1.78. The number of esters is 1. The van der Waals surface area contributed by atoms with E-state index in [1.165, 1.54) is 19.1 Å². The van der Waals surface area contributed by atoms with Crippen LogP contribution in [0.3, 0.4) is 0 Å². The maximum atomic E-state index is 14.0. The van der Waals surface area contributed by atoms with E-state index in [4.69, 9.17) is 4.74 Å². The van der Waals surface area contributed by atoms with Crippen LogP contribution in [0.1, 0.15) is 22.8 Å². The number of amides is 2. The number of hydrogen-bond donors (Lipinski definition) is 2. The molecule has 28 heavy (non-hydrogen) atoms. The summed E-state index contributed by atoms with van der Waals surface area (Å²) in [6.07, 6.45) is 0.110. The predicted molar refractivity (Wildman–Crippen MR) is 99.1 cm³/mol. The molecular weight excluding hydrogens is 367 g/mol. The zero-order chi connectivity index (χ0) is 20.5. The van der Waals surface area contributed by atoms with Crippen molar-refractivity contribution in [3.63, 3.8) is 0 Å². The van der Waals surface area contributed by atoms with Crippen LogP contribution in [0.25, 0.3) is 0 Å². The summed E-state index contributed by atoms with van der Waals surface area (Å²) in [5.41, 5.74) is 0.733. The van der Waals surface area contributed by atoms with Gasteiger partial charge in [0.25, 0.3) is 0 Å². The van der Waals surface area contributed by atoms with Gasteiger partial charge in [-0.25, -0.2) is 4.39 Å². The molecule has 0 saturated carbocycles. The Morgan fingerprint density at radius 3 is 2.39 bits per heavy atom. The van der Waals surface area contributed by atoms with Crippen molar-refractivity contribution < 1.29 is 28.3 Å². The smallest absolute Gasteiger partial charge is 0.325 e. The van der Waals surface area contributed by atoms with Crippen molar-refractivity contribution in [1.29, 1.82) is 0 Å². The molecule has 0 unspecified atom stereocenters. The minimum Gasteiger partial charge on any atom is -0.456 e. The maximum absolute atomic E-state index is 14.0. The number of halogens is 1. The number of anilines is 1. The van der Waals surface area contributed by atoms with Gasteiger partial charge in [0.2, 0.25) is 17.6 Å². The average Bonchev–Trinajstić information content (AvgIpc) is 2.65. The molecule has 2 aromatic rings. The highest BCUT2D eigenvalue weighted by Gasteiger charge is 2.15. The van der Waals surface area contributed by atoms with Crippen LogP contribution in [-0.4, -0.2) is 36.7 Å². The number of ketones is 1. The van der Waals surface area contributed by atoms with Crippen LogP contribution in [0.5, 0.6) is 0 Å². The summed E-state index contributed by atoms with van der Waals surface area (Å²) in [7, 11) is 0.